The minimum Gasteiger partial charge on any atom is -0.326 e. The van der Waals surface area contributed by atoms with Crippen molar-refractivity contribution in [3.8, 4) is 0 Å². The Labute approximate surface area is 121 Å². The summed E-state index contributed by atoms with van der Waals surface area (Å²) in [7, 11) is 2.02. The average molecular weight is 275 g/mol. The number of hydrogen-bond acceptors (Lipinski definition) is 3. The van der Waals surface area contributed by atoms with E-state index in [-0.39, 0.29) is 11.9 Å². The first-order valence-corrected chi connectivity index (χ1v) is 7.31. The first kappa shape index (κ1) is 15.0. The van der Waals surface area contributed by atoms with E-state index in [4.69, 9.17) is 5.73 Å². The van der Waals surface area contributed by atoms with Crippen LogP contribution in [0.15, 0.2) is 24.3 Å². The summed E-state index contributed by atoms with van der Waals surface area (Å²) in [5.74, 6) is 1.61. The Hall–Kier alpha value is -1.39. The molecule has 3 N–H and O–H groups in total. The molecule has 2 rings (SSSR count). The number of likely N-dealkylation sites (N-methyl/N-ethyl adjacent to an activating group) is 1. The van der Waals surface area contributed by atoms with Crippen molar-refractivity contribution in [2.24, 2.45) is 17.6 Å². The van der Waals surface area contributed by atoms with Gasteiger partial charge in [0.1, 0.15) is 0 Å². The molecule has 0 saturated heterocycles. The second-order valence-corrected chi connectivity index (χ2v) is 5.98. The van der Waals surface area contributed by atoms with Crippen LogP contribution in [0, 0.1) is 11.8 Å². The molecule has 0 aliphatic heterocycles. The molecule has 0 spiro atoms. The average Bonchev–Trinajstić information content (AvgIpc) is 3.13. The number of anilines is 1. The fourth-order valence-electron chi connectivity index (χ4n) is 2.40. The summed E-state index contributed by atoms with van der Waals surface area (Å²) < 4.78 is 0. The lowest BCUT2D eigenvalue weighted by atomic mass is 10.2. The highest BCUT2D eigenvalue weighted by Gasteiger charge is 2.34. The van der Waals surface area contributed by atoms with Gasteiger partial charge < -0.3 is 11.1 Å². The Morgan fingerprint density at radius 3 is 2.85 bits per heavy atom. The van der Waals surface area contributed by atoms with Crippen molar-refractivity contribution in [1.82, 2.24) is 4.90 Å². The van der Waals surface area contributed by atoms with E-state index in [1.807, 2.05) is 38.2 Å². The molecule has 0 bridgehead atoms. The summed E-state index contributed by atoms with van der Waals surface area (Å²) in [6.07, 6.45) is 1.29. The molecule has 1 aromatic rings. The van der Waals surface area contributed by atoms with Gasteiger partial charge in [0, 0.05) is 18.8 Å². The molecule has 110 valence electrons. The predicted molar refractivity (Wildman–Crippen MR) is 82.3 cm³/mol. The molecule has 4 heteroatoms. The molecule has 1 aliphatic rings. The first-order chi connectivity index (χ1) is 9.51. The monoisotopic (exact) mass is 275 g/mol. The highest BCUT2D eigenvalue weighted by molar-refractivity contribution is 5.94. The van der Waals surface area contributed by atoms with Crippen molar-refractivity contribution in [2.75, 3.05) is 18.9 Å². The molecule has 0 heterocycles. The van der Waals surface area contributed by atoms with Gasteiger partial charge in [0.05, 0.1) is 6.04 Å². The van der Waals surface area contributed by atoms with Crippen molar-refractivity contribution in [3.05, 3.63) is 29.8 Å². The number of benzene rings is 1. The van der Waals surface area contributed by atoms with Gasteiger partial charge in [-0.15, -0.1) is 0 Å². The number of nitrogens with two attached hydrogens (primary N) is 1. The van der Waals surface area contributed by atoms with Crippen LogP contribution in [0.1, 0.15) is 25.8 Å². The van der Waals surface area contributed by atoms with Crippen LogP contribution in [0.3, 0.4) is 0 Å². The van der Waals surface area contributed by atoms with Crippen LogP contribution in [-0.4, -0.2) is 30.4 Å². The summed E-state index contributed by atoms with van der Waals surface area (Å²) >= 11 is 0. The Balaban J connectivity index is 1.89. The number of hydrogen-bond donors (Lipinski definition) is 2. The van der Waals surface area contributed by atoms with E-state index in [1.54, 1.807) is 0 Å². The molecular weight excluding hydrogens is 250 g/mol. The quantitative estimate of drug-likeness (QED) is 0.835. The number of carbonyl (C=O) groups excluding carboxylic acids is 1. The maximum atomic E-state index is 12.3. The molecule has 3 atom stereocenters. The zero-order valence-corrected chi connectivity index (χ0v) is 12.6. The van der Waals surface area contributed by atoms with Crippen molar-refractivity contribution in [2.45, 2.75) is 32.9 Å². The van der Waals surface area contributed by atoms with Gasteiger partial charge in [-0.1, -0.05) is 19.1 Å². The van der Waals surface area contributed by atoms with E-state index in [2.05, 4.69) is 17.1 Å². The van der Waals surface area contributed by atoms with Gasteiger partial charge >= 0.3 is 0 Å². The third-order valence-electron chi connectivity index (χ3n) is 4.27. The maximum absolute atomic E-state index is 12.3. The van der Waals surface area contributed by atoms with Crippen LogP contribution in [0.25, 0.3) is 0 Å². The molecule has 0 aromatic heterocycles. The fourth-order valence-corrected chi connectivity index (χ4v) is 2.40. The summed E-state index contributed by atoms with van der Waals surface area (Å²) in [6, 6.07) is 7.57. The second-order valence-electron chi connectivity index (χ2n) is 5.98. The Morgan fingerprint density at radius 1 is 1.55 bits per heavy atom. The Bertz CT molecular complexity index is 475. The Kier molecular flexibility index (Phi) is 4.78. The topological polar surface area (TPSA) is 58.4 Å². The summed E-state index contributed by atoms with van der Waals surface area (Å²) in [5.41, 5.74) is 7.45. The fraction of sp³-hybridized carbons (Fsp3) is 0.562. The third-order valence-corrected chi connectivity index (χ3v) is 4.27. The van der Waals surface area contributed by atoms with Gasteiger partial charge in [0.15, 0.2) is 0 Å². The molecule has 1 saturated carbocycles. The minimum atomic E-state index is -0.121. The zero-order chi connectivity index (χ0) is 14.7. The van der Waals surface area contributed by atoms with Gasteiger partial charge in [-0.2, -0.15) is 0 Å². The molecule has 3 unspecified atom stereocenters. The number of amides is 1. The molecule has 4 nitrogen and oxygen atoms in total. The smallest absolute Gasteiger partial charge is 0.241 e. The van der Waals surface area contributed by atoms with Crippen LogP contribution in [0.5, 0.6) is 0 Å². The van der Waals surface area contributed by atoms with E-state index in [0.717, 1.165) is 29.6 Å². The maximum Gasteiger partial charge on any atom is 0.241 e. The molecule has 1 aliphatic carbocycles. The van der Waals surface area contributed by atoms with Crippen molar-refractivity contribution in [1.29, 1.82) is 0 Å². The lowest BCUT2D eigenvalue weighted by Gasteiger charge is -2.24. The zero-order valence-electron chi connectivity index (χ0n) is 12.6. The molecule has 20 heavy (non-hydrogen) atoms. The van der Waals surface area contributed by atoms with Crippen LogP contribution < -0.4 is 11.1 Å². The SMILES string of the molecule is CC1CC1CN(C)C(C)C(=O)Nc1cccc(CN)c1. The van der Waals surface area contributed by atoms with Crippen LogP contribution in [0.4, 0.5) is 5.69 Å². The van der Waals surface area contributed by atoms with Gasteiger partial charge in [-0.25, -0.2) is 0 Å². The largest absolute Gasteiger partial charge is 0.326 e. The second kappa shape index (κ2) is 6.37. The van der Waals surface area contributed by atoms with E-state index in [1.165, 1.54) is 6.42 Å². The summed E-state index contributed by atoms with van der Waals surface area (Å²) in [6.45, 7) is 5.70. The van der Waals surface area contributed by atoms with Gasteiger partial charge in [-0.3, -0.25) is 9.69 Å². The van der Waals surface area contributed by atoms with Crippen molar-refractivity contribution in [3.63, 3.8) is 0 Å². The first-order valence-electron chi connectivity index (χ1n) is 7.31. The van der Waals surface area contributed by atoms with E-state index in [0.29, 0.717) is 6.54 Å². The van der Waals surface area contributed by atoms with Crippen LogP contribution >= 0.6 is 0 Å². The van der Waals surface area contributed by atoms with E-state index in [9.17, 15) is 4.79 Å². The van der Waals surface area contributed by atoms with E-state index >= 15 is 0 Å². The van der Waals surface area contributed by atoms with E-state index < -0.39 is 0 Å². The number of rotatable bonds is 6. The standard InChI is InChI=1S/C16H25N3O/c1-11-7-14(11)10-19(3)12(2)16(20)18-15-6-4-5-13(8-15)9-17/h4-6,8,11-12,14H,7,9-10,17H2,1-3H3,(H,18,20). The summed E-state index contributed by atoms with van der Waals surface area (Å²) in [5, 5.41) is 2.97. The van der Waals surface area contributed by atoms with Gasteiger partial charge in [-0.05, 0) is 49.9 Å². The minimum absolute atomic E-state index is 0.0370. The number of carbonyl (C=O) groups is 1. The Morgan fingerprint density at radius 2 is 2.25 bits per heavy atom. The highest BCUT2D eigenvalue weighted by atomic mass is 16.2. The van der Waals surface area contributed by atoms with Crippen molar-refractivity contribution < 1.29 is 4.79 Å². The van der Waals surface area contributed by atoms with Gasteiger partial charge in [0.25, 0.3) is 0 Å². The lowest BCUT2D eigenvalue weighted by molar-refractivity contribution is -0.120. The predicted octanol–water partition coefficient (Wildman–Crippen LogP) is 2.06. The van der Waals surface area contributed by atoms with Crippen LogP contribution in [-0.2, 0) is 11.3 Å². The molecule has 1 aromatic carbocycles. The summed E-state index contributed by atoms with van der Waals surface area (Å²) in [4.78, 5) is 14.4. The molecule has 0 radical (unpaired) electrons. The third kappa shape index (κ3) is 3.81. The number of nitrogens with one attached hydrogen (secondary N) is 1. The highest BCUT2D eigenvalue weighted by Crippen LogP contribution is 2.38. The number of nitrogens with zero attached hydrogens (tertiary/aromatic N) is 1. The normalized spacial score (nSPS) is 22.6. The molecule has 1 fully saturated rings. The van der Waals surface area contributed by atoms with Crippen molar-refractivity contribution >= 4 is 11.6 Å². The molecule has 1 amide bonds. The van der Waals surface area contributed by atoms with Crippen LogP contribution in [0.2, 0.25) is 0 Å². The molecular formula is C16H25N3O. The lowest BCUT2D eigenvalue weighted by Crippen LogP contribution is -2.40. The van der Waals surface area contributed by atoms with Gasteiger partial charge in [0.2, 0.25) is 5.91 Å².